The van der Waals surface area contributed by atoms with Crippen molar-refractivity contribution in [2.24, 2.45) is 5.92 Å². The smallest absolute Gasteiger partial charge is 0.168 e. The van der Waals surface area contributed by atoms with Crippen molar-refractivity contribution in [1.29, 1.82) is 0 Å². The summed E-state index contributed by atoms with van der Waals surface area (Å²) in [5.41, 5.74) is 2.06. The lowest BCUT2D eigenvalue weighted by atomic mass is 9.85. The number of benzene rings is 1. The first-order valence-corrected chi connectivity index (χ1v) is 6.72. The van der Waals surface area contributed by atoms with Crippen LogP contribution in [-0.2, 0) is 5.41 Å². The molecule has 1 aromatic rings. The topological polar surface area (TPSA) is 37.3 Å². The molecule has 2 rings (SSSR count). The first-order valence-electron chi connectivity index (χ1n) is 6.72. The minimum absolute atomic E-state index is 0.0976. The Kier molecular flexibility index (Phi) is 3.58. The van der Waals surface area contributed by atoms with E-state index < -0.39 is 6.10 Å². The molecule has 0 amide bonds. The summed E-state index contributed by atoms with van der Waals surface area (Å²) < 4.78 is 0. The Bertz CT molecular complexity index is 425. The zero-order valence-corrected chi connectivity index (χ0v) is 11.4. The number of carbonyl (C=O) groups is 1. The predicted octanol–water partition coefficient (Wildman–Crippen LogP) is 3.33. The van der Waals surface area contributed by atoms with Crippen molar-refractivity contribution < 1.29 is 9.90 Å². The van der Waals surface area contributed by atoms with Crippen molar-refractivity contribution in [3.05, 3.63) is 35.4 Å². The first-order chi connectivity index (χ1) is 8.39. The SMILES string of the molecule is CC(C)(C)c1ccc(C(=O)[C@@H]2CCC[C@H]2O)cc1. The van der Waals surface area contributed by atoms with Gasteiger partial charge in [-0.25, -0.2) is 0 Å². The molecule has 1 saturated carbocycles. The maximum atomic E-state index is 12.3. The van der Waals surface area contributed by atoms with Gasteiger partial charge in [-0.05, 0) is 23.8 Å². The van der Waals surface area contributed by atoms with Gasteiger partial charge in [-0.15, -0.1) is 0 Å². The monoisotopic (exact) mass is 246 g/mol. The summed E-state index contributed by atoms with van der Waals surface area (Å²) in [4.78, 5) is 12.3. The highest BCUT2D eigenvalue weighted by Crippen LogP contribution is 2.29. The number of ketones is 1. The quantitative estimate of drug-likeness (QED) is 0.813. The van der Waals surface area contributed by atoms with Crippen LogP contribution < -0.4 is 0 Å². The number of hydrogen-bond acceptors (Lipinski definition) is 2. The van der Waals surface area contributed by atoms with Crippen molar-refractivity contribution in [2.45, 2.75) is 51.6 Å². The fourth-order valence-corrected chi connectivity index (χ4v) is 2.59. The summed E-state index contributed by atoms with van der Waals surface area (Å²) in [6, 6.07) is 7.84. The molecule has 0 heterocycles. The number of rotatable bonds is 2. The molecule has 0 spiro atoms. The Hall–Kier alpha value is -1.15. The van der Waals surface area contributed by atoms with Crippen LogP contribution in [0.5, 0.6) is 0 Å². The summed E-state index contributed by atoms with van der Waals surface area (Å²) in [6.07, 6.45) is 2.09. The Balaban J connectivity index is 2.17. The third-order valence-electron chi connectivity index (χ3n) is 3.85. The zero-order chi connectivity index (χ0) is 13.3. The minimum atomic E-state index is -0.445. The summed E-state index contributed by atoms with van der Waals surface area (Å²) in [6.45, 7) is 6.47. The van der Waals surface area contributed by atoms with Crippen molar-refractivity contribution >= 4 is 5.78 Å². The molecule has 18 heavy (non-hydrogen) atoms. The highest BCUT2D eigenvalue weighted by molar-refractivity contribution is 5.98. The molecule has 0 aliphatic heterocycles. The molecular formula is C16H22O2. The number of Topliss-reactive ketones (excluding diaryl/α,β-unsaturated/α-hetero) is 1. The number of aliphatic hydroxyl groups is 1. The van der Waals surface area contributed by atoms with Crippen molar-refractivity contribution in [2.75, 3.05) is 0 Å². The van der Waals surface area contributed by atoms with Crippen LogP contribution in [0.4, 0.5) is 0 Å². The van der Waals surface area contributed by atoms with Crippen LogP contribution in [0.1, 0.15) is 56.0 Å². The Morgan fingerprint density at radius 2 is 1.78 bits per heavy atom. The van der Waals surface area contributed by atoms with E-state index in [1.165, 1.54) is 5.56 Å². The third-order valence-corrected chi connectivity index (χ3v) is 3.85. The van der Waals surface area contributed by atoms with Gasteiger partial charge in [0.25, 0.3) is 0 Å². The summed E-state index contributed by atoms with van der Waals surface area (Å²) in [5, 5.41) is 9.78. The van der Waals surface area contributed by atoms with E-state index in [0.717, 1.165) is 24.8 Å². The van der Waals surface area contributed by atoms with Gasteiger partial charge < -0.3 is 5.11 Å². The molecule has 2 atom stereocenters. The van der Waals surface area contributed by atoms with Gasteiger partial charge in [0.2, 0.25) is 0 Å². The average Bonchev–Trinajstić information content (AvgIpc) is 2.73. The Morgan fingerprint density at radius 3 is 2.22 bits per heavy atom. The van der Waals surface area contributed by atoms with Gasteiger partial charge in [0.1, 0.15) is 0 Å². The lowest BCUT2D eigenvalue weighted by Crippen LogP contribution is -2.23. The second kappa shape index (κ2) is 4.85. The van der Waals surface area contributed by atoms with Crippen molar-refractivity contribution in [1.82, 2.24) is 0 Å². The molecule has 0 unspecified atom stereocenters. The van der Waals surface area contributed by atoms with E-state index in [2.05, 4.69) is 20.8 Å². The van der Waals surface area contributed by atoms with E-state index in [1.807, 2.05) is 24.3 Å². The summed E-state index contributed by atoms with van der Waals surface area (Å²) in [7, 11) is 0. The standard InChI is InChI=1S/C16H22O2/c1-16(2,3)12-9-7-11(8-10-12)15(18)13-5-4-6-14(13)17/h7-10,13-14,17H,4-6H2,1-3H3/t13-,14-/m1/s1. The second-order valence-corrected chi connectivity index (χ2v) is 6.30. The molecule has 0 aromatic heterocycles. The fraction of sp³-hybridized carbons (Fsp3) is 0.562. The van der Waals surface area contributed by atoms with Crippen LogP contribution in [-0.4, -0.2) is 17.0 Å². The summed E-state index contributed by atoms with van der Waals surface area (Å²) >= 11 is 0. The molecule has 1 N–H and O–H groups in total. The molecule has 1 aliphatic rings. The molecule has 0 saturated heterocycles. The second-order valence-electron chi connectivity index (χ2n) is 6.30. The van der Waals surface area contributed by atoms with Crippen LogP contribution in [0.2, 0.25) is 0 Å². The highest BCUT2D eigenvalue weighted by atomic mass is 16.3. The van der Waals surface area contributed by atoms with Gasteiger partial charge >= 0.3 is 0 Å². The molecule has 2 heteroatoms. The fourth-order valence-electron chi connectivity index (χ4n) is 2.59. The highest BCUT2D eigenvalue weighted by Gasteiger charge is 2.31. The minimum Gasteiger partial charge on any atom is -0.392 e. The van der Waals surface area contributed by atoms with Gasteiger partial charge in [-0.1, -0.05) is 51.5 Å². The van der Waals surface area contributed by atoms with Gasteiger partial charge in [0.15, 0.2) is 5.78 Å². The van der Waals surface area contributed by atoms with Crippen LogP contribution in [0, 0.1) is 5.92 Å². The van der Waals surface area contributed by atoms with Crippen LogP contribution in [0.15, 0.2) is 24.3 Å². The van der Waals surface area contributed by atoms with Crippen LogP contribution in [0.3, 0.4) is 0 Å². The lowest BCUT2D eigenvalue weighted by Gasteiger charge is -2.19. The maximum absolute atomic E-state index is 12.3. The molecule has 98 valence electrons. The van der Waals surface area contributed by atoms with Crippen LogP contribution in [0.25, 0.3) is 0 Å². The first kappa shape index (κ1) is 13.3. The van der Waals surface area contributed by atoms with E-state index in [4.69, 9.17) is 0 Å². The van der Waals surface area contributed by atoms with Crippen molar-refractivity contribution in [3.8, 4) is 0 Å². The van der Waals surface area contributed by atoms with Crippen molar-refractivity contribution in [3.63, 3.8) is 0 Å². The van der Waals surface area contributed by atoms with Gasteiger partial charge in [-0.2, -0.15) is 0 Å². The van der Waals surface area contributed by atoms with Gasteiger partial charge in [0, 0.05) is 11.5 Å². The Morgan fingerprint density at radius 1 is 1.17 bits per heavy atom. The lowest BCUT2D eigenvalue weighted by molar-refractivity contribution is 0.0758. The molecule has 1 fully saturated rings. The van der Waals surface area contributed by atoms with Gasteiger partial charge in [0.05, 0.1) is 6.10 Å². The molecule has 0 radical (unpaired) electrons. The molecule has 0 bridgehead atoms. The molecule has 1 aliphatic carbocycles. The largest absolute Gasteiger partial charge is 0.392 e. The molecule has 1 aromatic carbocycles. The van der Waals surface area contributed by atoms with Crippen LogP contribution >= 0.6 is 0 Å². The van der Waals surface area contributed by atoms with E-state index >= 15 is 0 Å². The molecule has 2 nitrogen and oxygen atoms in total. The van der Waals surface area contributed by atoms with E-state index in [9.17, 15) is 9.90 Å². The van der Waals surface area contributed by atoms with E-state index in [1.54, 1.807) is 0 Å². The average molecular weight is 246 g/mol. The Labute approximate surface area is 109 Å². The number of aliphatic hydroxyl groups excluding tert-OH is 1. The normalized spacial score (nSPS) is 24.2. The maximum Gasteiger partial charge on any atom is 0.168 e. The van der Waals surface area contributed by atoms with E-state index in [0.29, 0.717) is 0 Å². The van der Waals surface area contributed by atoms with Gasteiger partial charge in [-0.3, -0.25) is 4.79 Å². The predicted molar refractivity (Wildman–Crippen MR) is 72.8 cm³/mol. The number of carbonyl (C=O) groups excluding carboxylic acids is 1. The third kappa shape index (κ3) is 2.64. The zero-order valence-electron chi connectivity index (χ0n) is 11.4. The number of hydrogen-bond donors (Lipinski definition) is 1. The van der Waals surface area contributed by atoms with E-state index in [-0.39, 0.29) is 17.1 Å². The molecular weight excluding hydrogens is 224 g/mol. The summed E-state index contributed by atoms with van der Waals surface area (Å²) in [5.74, 6) is -0.0917.